The molecule has 0 aliphatic carbocycles. The number of unbranched alkanes of at least 4 members (excludes halogenated alkanes) is 1. The predicted molar refractivity (Wildman–Crippen MR) is 48.9 cm³/mol. The number of hydrogen-bond acceptors (Lipinski definition) is 2. The van der Waals surface area contributed by atoms with Crippen LogP contribution in [-0.2, 0) is 0 Å². The SMILES string of the molecule is [N-]=[N+]=NCCCCN1CCCC1. The maximum atomic E-state index is 8.03. The Morgan fingerprint density at radius 1 is 1.25 bits per heavy atom. The average molecular weight is 168 g/mol. The third-order valence-corrected chi connectivity index (χ3v) is 2.24. The normalized spacial score (nSPS) is 17.7. The minimum Gasteiger partial charge on any atom is -0.303 e. The van der Waals surface area contributed by atoms with E-state index in [0.29, 0.717) is 6.54 Å². The molecule has 1 rings (SSSR count). The molecule has 0 spiro atoms. The molecule has 4 nitrogen and oxygen atoms in total. The van der Waals surface area contributed by atoms with Crippen molar-refractivity contribution in [3.05, 3.63) is 10.4 Å². The van der Waals surface area contributed by atoms with Crippen molar-refractivity contribution < 1.29 is 0 Å². The van der Waals surface area contributed by atoms with E-state index in [0.717, 1.165) is 6.42 Å². The molecule has 1 saturated heterocycles. The van der Waals surface area contributed by atoms with Gasteiger partial charge >= 0.3 is 0 Å². The zero-order valence-corrected chi connectivity index (χ0v) is 7.45. The average Bonchev–Trinajstić information content (AvgIpc) is 2.57. The Balaban J connectivity index is 1.91. The van der Waals surface area contributed by atoms with Gasteiger partial charge < -0.3 is 4.90 Å². The van der Waals surface area contributed by atoms with Gasteiger partial charge in [0, 0.05) is 11.5 Å². The van der Waals surface area contributed by atoms with Gasteiger partial charge in [-0.05, 0) is 50.8 Å². The van der Waals surface area contributed by atoms with Gasteiger partial charge in [-0.25, -0.2) is 0 Å². The summed E-state index contributed by atoms with van der Waals surface area (Å²) in [7, 11) is 0. The highest BCUT2D eigenvalue weighted by Crippen LogP contribution is 2.07. The van der Waals surface area contributed by atoms with E-state index in [4.69, 9.17) is 5.53 Å². The molecular weight excluding hydrogens is 152 g/mol. The number of hydrogen-bond donors (Lipinski definition) is 0. The molecule has 12 heavy (non-hydrogen) atoms. The van der Waals surface area contributed by atoms with Crippen molar-refractivity contribution in [1.29, 1.82) is 0 Å². The predicted octanol–water partition coefficient (Wildman–Crippen LogP) is 2.17. The first kappa shape index (κ1) is 9.36. The lowest BCUT2D eigenvalue weighted by Crippen LogP contribution is -2.20. The molecule has 0 aromatic carbocycles. The molecule has 1 aliphatic rings. The van der Waals surface area contributed by atoms with Crippen LogP contribution in [0.3, 0.4) is 0 Å². The summed E-state index contributed by atoms with van der Waals surface area (Å²) >= 11 is 0. The van der Waals surface area contributed by atoms with Crippen LogP contribution in [0.15, 0.2) is 5.11 Å². The van der Waals surface area contributed by atoms with Crippen LogP contribution in [0, 0.1) is 0 Å². The maximum Gasteiger partial charge on any atom is 0.0258 e. The van der Waals surface area contributed by atoms with Crippen molar-refractivity contribution >= 4 is 0 Å². The largest absolute Gasteiger partial charge is 0.303 e. The molecule has 0 saturated carbocycles. The molecule has 1 aliphatic heterocycles. The van der Waals surface area contributed by atoms with Crippen molar-refractivity contribution in [3.8, 4) is 0 Å². The Morgan fingerprint density at radius 2 is 2.00 bits per heavy atom. The maximum absolute atomic E-state index is 8.03. The molecule has 0 amide bonds. The lowest BCUT2D eigenvalue weighted by atomic mass is 10.3. The lowest BCUT2D eigenvalue weighted by Gasteiger charge is -2.12. The van der Waals surface area contributed by atoms with Crippen LogP contribution in [0.4, 0.5) is 0 Å². The molecule has 0 aromatic heterocycles. The summed E-state index contributed by atoms with van der Waals surface area (Å²) < 4.78 is 0. The van der Waals surface area contributed by atoms with Crippen LogP contribution in [0.5, 0.6) is 0 Å². The van der Waals surface area contributed by atoms with Crippen LogP contribution < -0.4 is 0 Å². The fourth-order valence-electron chi connectivity index (χ4n) is 1.57. The van der Waals surface area contributed by atoms with Crippen molar-refractivity contribution in [2.45, 2.75) is 25.7 Å². The number of nitrogens with zero attached hydrogens (tertiary/aromatic N) is 4. The van der Waals surface area contributed by atoms with Crippen molar-refractivity contribution in [3.63, 3.8) is 0 Å². The van der Waals surface area contributed by atoms with Gasteiger partial charge in [0.2, 0.25) is 0 Å². The minimum atomic E-state index is 0.657. The second-order valence-corrected chi connectivity index (χ2v) is 3.21. The smallest absolute Gasteiger partial charge is 0.0258 e. The molecule has 68 valence electrons. The topological polar surface area (TPSA) is 52.0 Å². The lowest BCUT2D eigenvalue weighted by molar-refractivity contribution is 0.331. The Labute approximate surface area is 73.2 Å². The summed E-state index contributed by atoms with van der Waals surface area (Å²) in [5, 5.41) is 3.50. The monoisotopic (exact) mass is 168 g/mol. The second-order valence-electron chi connectivity index (χ2n) is 3.21. The van der Waals surface area contributed by atoms with Gasteiger partial charge in [-0.1, -0.05) is 5.11 Å². The van der Waals surface area contributed by atoms with E-state index in [9.17, 15) is 0 Å². The van der Waals surface area contributed by atoms with E-state index >= 15 is 0 Å². The first-order valence-corrected chi connectivity index (χ1v) is 4.66. The summed E-state index contributed by atoms with van der Waals surface area (Å²) in [5.74, 6) is 0. The summed E-state index contributed by atoms with van der Waals surface area (Å²) in [6.45, 7) is 4.37. The fourth-order valence-corrected chi connectivity index (χ4v) is 1.57. The van der Waals surface area contributed by atoms with Crippen LogP contribution in [-0.4, -0.2) is 31.1 Å². The van der Waals surface area contributed by atoms with Crippen molar-refractivity contribution in [2.24, 2.45) is 5.11 Å². The number of rotatable bonds is 5. The van der Waals surface area contributed by atoms with E-state index in [1.54, 1.807) is 0 Å². The van der Waals surface area contributed by atoms with E-state index in [2.05, 4.69) is 14.9 Å². The number of likely N-dealkylation sites (tertiary alicyclic amines) is 1. The molecule has 0 unspecified atom stereocenters. The molecule has 1 fully saturated rings. The fraction of sp³-hybridized carbons (Fsp3) is 1.00. The Morgan fingerprint density at radius 3 is 2.67 bits per heavy atom. The van der Waals surface area contributed by atoms with Gasteiger partial charge in [0.15, 0.2) is 0 Å². The van der Waals surface area contributed by atoms with Gasteiger partial charge in [-0.2, -0.15) is 0 Å². The van der Waals surface area contributed by atoms with Gasteiger partial charge in [-0.3, -0.25) is 0 Å². The van der Waals surface area contributed by atoms with Gasteiger partial charge in [0.25, 0.3) is 0 Å². The molecule has 0 radical (unpaired) electrons. The standard InChI is InChI=1S/C8H16N4/c9-11-10-5-1-2-6-12-7-3-4-8-12/h1-8H2. The van der Waals surface area contributed by atoms with E-state index in [1.807, 2.05) is 0 Å². The molecule has 0 N–H and O–H groups in total. The van der Waals surface area contributed by atoms with E-state index in [1.165, 1.54) is 38.9 Å². The molecule has 1 heterocycles. The molecule has 0 atom stereocenters. The zero-order chi connectivity index (χ0) is 8.65. The molecule has 4 heteroatoms. The highest BCUT2D eigenvalue weighted by Gasteiger charge is 2.09. The van der Waals surface area contributed by atoms with Crippen LogP contribution in [0.25, 0.3) is 10.4 Å². The number of azide groups is 1. The molecule has 0 bridgehead atoms. The van der Waals surface area contributed by atoms with Gasteiger partial charge in [0.05, 0.1) is 0 Å². The third-order valence-electron chi connectivity index (χ3n) is 2.24. The third kappa shape index (κ3) is 3.60. The van der Waals surface area contributed by atoms with Gasteiger partial charge in [0.1, 0.15) is 0 Å². The van der Waals surface area contributed by atoms with E-state index in [-0.39, 0.29) is 0 Å². The minimum absolute atomic E-state index is 0.657. The summed E-state index contributed by atoms with van der Waals surface area (Å²) in [5.41, 5.74) is 8.03. The van der Waals surface area contributed by atoms with Crippen LogP contribution >= 0.6 is 0 Å². The Kier molecular flexibility index (Phi) is 4.57. The Bertz CT molecular complexity index is 156. The first-order valence-electron chi connectivity index (χ1n) is 4.66. The van der Waals surface area contributed by atoms with Crippen molar-refractivity contribution in [2.75, 3.05) is 26.2 Å². The van der Waals surface area contributed by atoms with Crippen LogP contribution in [0.1, 0.15) is 25.7 Å². The van der Waals surface area contributed by atoms with E-state index < -0.39 is 0 Å². The highest BCUT2D eigenvalue weighted by molar-refractivity contribution is 4.65. The first-order chi connectivity index (χ1) is 5.93. The second kappa shape index (κ2) is 5.86. The highest BCUT2D eigenvalue weighted by atomic mass is 15.1. The quantitative estimate of drug-likeness (QED) is 0.268. The van der Waals surface area contributed by atoms with Gasteiger partial charge in [-0.15, -0.1) is 0 Å². The van der Waals surface area contributed by atoms with Crippen molar-refractivity contribution in [1.82, 2.24) is 4.90 Å². The molecule has 0 aromatic rings. The van der Waals surface area contributed by atoms with Crippen LogP contribution in [0.2, 0.25) is 0 Å². The summed E-state index contributed by atoms with van der Waals surface area (Å²) in [6.07, 6.45) is 4.91. The summed E-state index contributed by atoms with van der Waals surface area (Å²) in [6, 6.07) is 0. The molecular formula is C8H16N4. The summed E-state index contributed by atoms with van der Waals surface area (Å²) in [4.78, 5) is 5.20. The zero-order valence-electron chi connectivity index (χ0n) is 7.45. The Hall–Kier alpha value is -0.730.